The molecule has 1 fully saturated rings. The van der Waals surface area contributed by atoms with E-state index in [0.717, 1.165) is 17.5 Å². The van der Waals surface area contributed by atoms with Crippen LogP contribution < -0.4 is 10.2 Å². The number of anilines is 2. The first kappa shape index (κ1) is 21.4. The minimum atomic E-state index is -0.561. The van der Waals surface area contributed by atoms with E-state index < -0.39 is 6.09 Å². The average molecular weight is 433 g/mol. The molecule has 1 aliphatic heterocycles. The number of hydrogen-bond acceptors (Lipinski definition) is 3. The maximum absolute atomic E-state index is 13.2. The number of amides is 3. The van der Waals surface area contributed by atoms with Crippen LogP contribution in [0.1, 0.15) is 17.5 Å². The third kappa shape index (κ3) is 5.43. The van der Waals surface area contributed by atoms with E-state index in [9.17, 15) is 14.0 Å². The Morgan fingerprint density at radius 3 is 2.50 bits per heavy atom. The fourth-order valence-electron chi connectivity index (χ4n) is 3.61. The summed E-state index contributed by atoms with van der Waals surface area (Å²) in [6.45, 7) is 1.81. The van der Waals surface area contributed by atoms with E-state index in [2.05, 4.69) is 5.32 Å². The van der Waals surface area contributed by atoms with Gasteiger partial charge in [-0.1, -0.05) is 48.5 Å². The topological polar surface area (TPSA) is 61.9 Å². The Hall–Kier alpha value is -3.87. The van der Waals surface area contributed by atoms with Gasteiger partial charge in [-0.25, -0.2) is 14.0 Å². The molecule has 0 radical (unpaired) electrons. The first-order valence-electron chi connectivity index (χ1n) is 10.5. The Bertz CT molecular complexity index is 1070. The van der Waals surface area contributed by atoms with Crippen molar-refractivity contribution in [2.75, 3.05) is 23.3 Å². The SMILES string of the molecule is O=C(Nc1cccc(N2CCCN(Cc3ccc(F)cc3)C2=O)c1)OCc1ccccc1. The number of urea groups is 1. The van der Waals surface area contributed by atoms with E-state index in [-0.39, 0.29) is 18.5 Å². The maximum Gasteiger partial charge on any atom is 0.411 e. The summed E-state index contributed by atoms with van der Waals surface area (Å²) in [4.78, 5) is 28.7. The van der Waals surface area contributed by atoms with Gasteiger partial charge in [-0.2, -0.15) is 0 Å². The van der Waals surface area contributed by atoms with Gasteiger partial charge in [0, 0.05) is 31.0 Å². The standard InChI is InChI=1S/C25H24FN3O3/c26-21-12-10-19(11-13-21)17-28-14-5-15-29(25(28)31)23-9-4-8-22(16-23)27-24(30)32-18-20-6-2-1-3-7-20/h1-4,6-13,16H,5,14-15,17-18H2,(H,27,30). The molecule has 1 saturated heterocycles. The number of carbonyl (C=O) groups is 2. The quantitative estimate of drug-likeness (QED) is 0.566. The summed E-state index contributed by atoms with van der Waals surface area (Å²) in [7, 11) is 0. The highest BCUT2D eigenvalue weighted by Gasteiger charge is 2.27. The summed E-state index contributed by atoms with van der Waals surface area (Å²) in [6, 6.07) is 22.6. The Kier molecular flexibility index (Phi) is 6.65. The molecular formula is C25H24FN3O3. The van der Waals surface area contributed by atoms with E-state index in [1.165, 1.54) is 12.1 Å². The Labute approximate surface area is 186 Å². The Morgan fingerprint density at radius 1 is 0.938 bits per heavy atom. The van der Waals surface area contributed by atoms with Crippen molar-refractivity contribution in [1.82, 2.24) is 4.90 Å². The molecule has 1 aliphatic rings. The molecule has 6 nitrogen and oxygen atoms in total. The monoisotopic (exact) mass is 433 g/mol. The maximum atomic E-state index is 13.2. The van der Waals surface area contributed by atoms with Gasteiger partial charge in [0.25, 0.3) is 0 Å². The Morgan fingerprint density at radius 2 is 1.72 bits per heavy atom. The van der Waals surface area contributed by atoms with E-state index in [4.69, 9.17) is 4.74 Å². The average Bonchev–Trinajstić information content (AvgIpc) is 2.81. The van der Waals surface area contributed by atoms with Gasteiger partial charge >= 0.3 is 12.1 Å². The number of carbonyl (C=O) groups excluding carboxylic acids is 2. The third-order valence-electron chi connectivity index (χ3n) is 5.21. The van der Waals surface area contributed by atoms with Crippen molar-refractivity contribution >= 4 is 23.5 Å². The first-order valence-corrected chi connectivity index (χ1v) is 10.5. The van der Waals surface area contributed by atoms with Gasteiger partial charge in [0.2, 0.25) is 0 Å². The fraction of sp³-hybridized carbons (Fsp3) is 0.200. The summed E-state index contributed by atoms with van der Waals surface area (Å²) in [5.74, 6) is -0.299. The summed E-state index contributed by atoms with van der Waals surface area (Å²) < 4.78 is 18.4. The van der Waals surface area contributed by atoms with Gasteiger partial charge in [0.15, 0.2) is 0 Å². The molecule has 0 spiro atoms. The van der Waals surface area contributed by atoms with Crippen LogP contribution >= 0.6 is 0 Å². The first-order chi connectivity index (χ1) is 15.6. The van der Waals surface area contributed by atoms with E-state index in [1.807, 2.05) is 36.4 Å². The van der Waals surface area contributed by atoms with Crippen LogP contribution in [-0.4, -0.2) is 30.1 Å². The number of hydrogen-bond donors (Lipinski definition) is 1. The molecule has 0 bridgehead atoms. The van der Waals surface area contributed by atoms with Crippen LogP contribution in [0.5, 0.6) is 0 Å². The molecule has 0 aliphatic carbocycles. The zero-order valence-electron chi connectivity index (χ0n) is 17.5. The summed E-state index contributed by atoms with van der Waals surface area (Å²) in [6.07, 6.45) is 0.248. The molecular weight excluding hydrogens is 409 g/mol. The van der Waals surface area contributed by atoms with Crippen LogP contribution in [0.2, 0.25) is 0 Å². The normalized spacial score (nSPS) is 13.7. The summed E-state index contributed by atoms with van der Waals surface area (Å²) in [5, 5.41) is 2.71. The molecule has 1 heterocycles. The highest BCUT2D eigenvalue weighted by atomic mass is 19.1. The largest absolute Gasteiger partial charge is 0.444 e. The predicted molar refractivity (Wildman–Crippen MR) is 121 cm³/mol. The molecule has 7 heteroatoms. The molecule has 1 N–H and O–H groups in total. The second-order valence-corrected chi connectivity index (χ2v) is 7.57. The second-order valence-electron chi connectivity index (χ2n) is 7.57. The Balaban J connectivity index is 1.38. The molecule has 3 aromatic carbocycles. The van der Waals surface area contributed by atoms with E-state index in [0.29, 0.717) is 31.0 Å². The van der Waals surface area contributed by atoms with Crippen molar-refractivity contribution in [3.63, 3.8) is 0 Å². The molecule has 4 rings (SSSR count). The van der Waals surface area contributed by atoms with Crippen molar-refractivity contribution in [1.29, 1.82) is 0 Å². The molecule has 0 aromatic heterocycles. The van der Waals surface area contributed by atoms with Gasteiger partial charge in [-0.3, -0.25) is 10.2 Å². The number of halogens is 1. The third-order valence-corrected chi connectivity index (χ3v) is 5.21. The van der Waals surface area contributed by atoms with Crippen molar-refractivity contribution in [3.05, 3.63) is 95.8 Å². The highest BCUT2D eigenvalue weighted by molar-refractivity contribution is 5.94. The number of rotatable bonds is 6. The highest BCUT2D eigenvalue weighted by Crippen LogP contribution is 2.24. The van der Waals surface area contributed by atoms with E-state index in [1.54, 1.807) is 40.1 Å². The van der Waals surface area contributed by atoms with Crippen molar-refractivity contribution in [2.24, 2.45) is 0 Å². The molecule has 0 unspecified atom stereocenters. The van der Waals surface area contributed by atoms with Gasteiger partial charge in [-0.15, -0.1) is 0 Å². The van der Waals surface area contributed by atoms with Crippen LogP contribution in [0.25, 0.3) is 0 Å². The minimum absolute atomic E-state index is 0.121. The number of benzene rings is 3. The molecule has 32 heavy (non-hydrogen) atoms. The minimum Gasteiger partial charge on any atom is -0.444 e. The lowest BCUT2D eigenvalue weighted by atomic mass is 10.1. The molecule has 3 aromatic rings. The zero-order valence-corrected chi connectivity index (χ0v) is 17.5. The lowest BCUT2D eigenvalue weighted by Crippen LogP contribution is -2.49. The number of nitrogens with zero attached hydrogens (tertiary/aromatic N) is 2. The summed E-state index contributed by atoms with van der Waals surface area (Å²) in [5.41, 5.74) is 3.01. The van der Waals surface area contributed by atoms with Gasteiger partial charge < -0.3 is 9.64 Å². The van der Waals surface area contributed by atoms with Crippen LogP contribution in [0, 0.1) is 5.82 Å². The lowest BCUT2D eigenvalue weighted by molar-refractivity contribution is 0.155. The van der Waals surface area contributed by atoms with E-state index >= 15 is 0 Å². The fourth-order valence-corrected chi connectivity index (χ4v) is 3.61. The molecule has 3 amide bonds. The van der Waals surface area contributed by atoms with Gasteiger partial charge in [-0.05, 0) is 47.9 Å². The van der Waals surface area contributed by atoms with Crippen LogP contribution in [0.4, 0.5) is 25.4 Å². The van der Waals surface area contributed by atoms with Crippen molar-refractivity contribution in [3.8, 4) is 0 Å². The van der Waals surface area contributed by atoms with Gasteiger partial charge in [0.1, 0.15) is 12.4 Å². The predicted octanol–water partition coefficient (Wildman–Crippen LogP) is 5.41. The lowest BCUT2D eigenvalue weighted by Gasteiger charge is -2.35. The summed E-state index contributed by atoms with van der Waals surface area (Å²) >= 11 is 0. The smallest absolute Gasteiger partial charge is 0.411 e. The number of nitrogens with one attached hydrogen (secondary N) is 1. The van der Waals surface area contributed by atoms with Crippen molar-refractivity contribution in [2.45, 2.75) is 19.6 Å². The number of ether oxygens (including phenoxy) is 1. The van der Waals surface area contributed by atoms with Crippen molar-refractivity contribution < 1.29 is 18.7 Å². The van der Waals surface area contributed by atoms with Crippen LogP contribution in [0.15, 0.2) is 78.9 Å². The van der Waals surface area contributed by atoms with Crippen LogP contribution in [0.3, 0.4) is 0 Å². The second kappa shape index (κ2) is 9.96. The van der Waals surface area contributed by atoms with Crippen LogP contribution in [-0.2, 0) is 17.9 Å². The molecule has 0 saturated carbocycles. The molecule has 164 valence electrons. The van der Waals surface area contributed by atoms with Gasteiger partial charge in [0.05, 0.1) is 0 Å². The zero-order chi connectivity index (χ0) is 22.3. The molecule has 0 atom stereocenters.